The first kappa shape index (κ1) is 24.9. The minimum absolute atomic E-state index is 0.0674. The minimum Gasteiger partial charge on any atom is -0.506 e. The van der Waals surface area contributed by atoms with Gasteiger partial charge in [0.15, 0.2) is 0 Å². The minimum atomic E-state index is -4.48. The Morgan fingerprint density at radius 3 is 2.47 bits per heavy atom. The maximum atomic E-state index is 13.1. The highest BCUT2D eigenvalue weighted by atomic mass is 35.5. The van der Waals surface area contributed by atoms with Crippen LogP contribution >= 0.6 is 11.6 Å². The third kappa shape index (κ3) is 4.65. The monoisotopic (exact) mass is 498 g/mol. The van der Waals surface area contributed by atoms with Gasteiger partial charge in [-0.1, -0.05) is 23.7 Å². The predicted molar refractivity (Wildman–Crippen MR) is 116 cm³/mol. The summed E-state index contributed by atoms with van der Waals surface area (Å²) < 4.78 is 45.8. The molecule has 4 rings (SSSR count). The smallest absolute Gasteiger partial charge is 0.416 e. The summed E-state index contributed by atoms with van der Waals surface area (Å²) >= 11 is 6.14. The van der Waals surface area contributed by atoms with Crippen LogP contribution in [0.3, 0.4) is 0 Å². The van der Waals surface area contributed by atoms with Crippen molar-refractivity contribution in [2.45, 2.75) is 25.7 Å². The number of hydrogen-bond acceptors (Lipinski definition) is 5. The lowest BCUT2D eigenvalue weighted by atomic mass is 10.0. The van der Waals surface area contributed by atoms with Crippen LogP contribution < -0.4 is 15.6 Å². The Morgan fingerprint density at radius 1 is 1.29 bits per heavy atom. The number of aromatic nitrogens is 1. The average Bonchev–Trinajstić information content (AvgIpc) is 2.77. The van der Waals surface area contributed by atoms with E-state index in [0.717, 1.165) is 12.1 Å². The number of benzene rings is 2. The maximum absolute atomic E-state index is 13.1. The molecule has 3 N–H and O–H groups in total. The van der Waals surface area contributed by atoms with Crippen molar-refractivity contribution in [1.29, 1.82) is 0 Å². The average molecular weight is 499 g/mol. The van der Waals surface area contributed by atoms with Crippen molar-refractivity contribution in [2.75, 3.05) is 6.54 Å². The summed E-state index contributed by atoms with van der Waals surface area (Å²) in [5.41, 5.74) is -1.32. The standard InChI is InChI=1S/C21H16ClF3N2O4.CH2O2/c1-2-26-19(29)16-18(28)13-7-12(22)8-14-17(13)27(20(16)30)9-15(31-14)10-3-5-11(6-4-10)21(23,24)25;2-1-3/h3-8,15,28H,2,9H2,1H3,(H,26,29);1H,(H,2,3). The van der Waals surface area contributed by atoms with E-state index >= 15 is 0 Å². The van der Waals surface area contributed by atoms with Gasteiger partial charge in [0.1, 0.15) is 23.2 Å². The number of carboxylic acid groups (broad SMARTS) is 1. The molecule has 1 unspecified atom stereocenters. The topological polar surface area (TPSA) is 118 Å². The molecule has 1 aliphatic heterocycles. The van der Waals surface area contributed by atoms with E-state index in [1.54, 1.807) is 6.92 Å². The first-order valence-electron chi connectivity index (χ1n) is 9.82. The molecule has 0 saturated carbocycles. The molecule has 0 aliphatic carbocycles. The van der Waals surface area contributed by atoms with E-state index < -0.39 is 40.6 Å². The lowest BCUT2D eigenvalue weighted by Gasteiger charge is -2.29. The third-order valence-electron chi connectivity index (χ3n) is 5.05. The van der Waals surface area contributed by atoms with Crippen molar-refractivity contribution in [2.24, 2.45) is 0 Å². The van der Waals surface area contributed by atoms with Gasteiger partial charge in [0.05, 0.1) is 17.6 Å². The van der Waals surface area contributed by atoms with Crippen LogP contribution in [0.5, 0.6) is 11.5 Å². The molecule has 0 radical (unpaired) electrons. The van der Waals surface area contributed by atoms with E-state index in [0.29, 0.717) is 5.56 Å². The number of nitrogens with zero attached hydrogens (tertiary/aromatic N) is 1. The van der Waals surface area contributed by atoms with E-state index in [1.165, 1.54) is 28.8 Å². The number of carbonyl (C=O) groups is 2. The lowest BCUT2D eigenvalue weighted by Crippen LogP contribution is -2.36. The van der Waals surface area contributed by atoms with Gasteiger partial charge in [-0.25, -0.2) is 0 Å². The van der Waals surface area contributed by atoms with Crippen LogP contribution in [-0.4, -0.2) is 33.7 Å². The van der Waals surface area contributed by atoms with E-state index in [4.69, 9.17) is 26.2 Å². The maximum Gasteiger partial charge on any atom is 0.416 e. The molecule has 1 amide bonds. The molecule has 1 aliphatic rings. The highest BCUT2D eigenvalue weighted by molar-refractivity contribution is 6.31. The number of pyridine rings is 1. The van der Waals surface area contributed by atoms with Crippen LogP contribution in [-0.2, 0) is 17.5 Å². The number of nitrogens with one attached hydrogen (secondary N) is 1. The van der Waals surface area contributed by atoms with Gasteiger partial charge in [0, 0.05) is 23.0 Å². The van der Waals surface area contributed by atoms with E-state index in [-0.39, 0.29) is 41.2 Å². The van der Waals surface area contributed by atoms with Gasteiger partial charge in [0.2, 0.25) is 0 Å². The van der Waals surface area contributed by atoms with Gasteiger partial charge in [0.25, 0.3) is 17.9 Å². The Balaban J connectivity index is 0.00000103. The van der Waals surface area contributed by atoms with Crippen LogP contribution in [0.1, 0.15) is 34.5 Å². The number of alkyl halides is 3. The van der Waals surface area contributed by atoms with Crippen LogP contribution in [0.25, 0.3) is 10.9 Å². The quantitative estimate of drug-likeness (QED) is 0.470. The molecule has 1 aromatic heterocycles. The van der Waals surface area contributed by atoms with Crippen molar-refractivity contribution in [1.82, 2.24) is 9.88 Å². The Labute approximate surface area is 195 Å². The van der Waals surface area contributed by atoms with Crippen molar-refractivity contribution in [3.63, 3.8) is 0 Å². The molecule has 0 fully saturated rings. The highest BCUT2D eigenvalue weighted by Gasteiger charge is 2.32. The van der Waals surface area contributed by atoms with Gasteiger partial charge in [-0.15, -0.1) is 0 Å². The zero-order valence-corrected chi connectivity index (χ0v) is 18.3. The van der Waals surface area contributed by atoms with Crippen LogP contribution in [0, 0.1) is 0 Å². The third-order valence-corrected chi connectivity index (χ3v) is 5.27. The number of amides is 1. The predicted octanol–water partition coefficient (Wildman–Crippen LogP) is 3.96. The zero-order chi connectivity index (χ0) is 25.2. The van der Waals surface area contributed by atoms with Crippen molar-refractivity contribution >= 4 is 34.9 Å². The molecule has 0 bridgehead atoms. The molecule has 2 aromatic carbocycles. The van der Waals surface area contributed by atoms with Crippen LogP contribution in [0.2, 0.25) is 5.02 Å². The zero-order valence-electron chi connectivity index (χ0n) is 17.5. The largest absolute Gasteiger partial charge is 0.506 e. The number of hydrogen-bond donors (Lipinski definition) is 3. The summed E-state index contributed by atoms with van der Waals surface area (Å²) in [5.74, 6) is -1.08. The number of halogens is 4. The van der Waals surface area contributed by atoms with Gasteiger partial charge in [-0.2, -0.15) is 13.2 Å². The van der Waals surface area contributed by atoms with Crippen molar-refractivity contribution in [3.8, 4) is 11.5 Å². The first-order chi connectivity index (χ1) is 16.0. The fraction of sp³-hybridized carbons (Fsp3) is 0.227. The Morgan fingerprint density at radius 2 is 1.91 bits per heavy atom. The Bertz CT molecular complexity index is 1310. The molecule has 0 spiro atoms. The molecular weight excluding hydrogens is 481 g/mol. The van der Waals surface area contributed by atoms with Crippen LogP contribution in [0.4, 0.5) is 13.2 Å². The number of ether oxygens (including phenoxy) is 1. The van der Waals surface area contributed by atoms with E-state index in [2.05, 4.69) is 5.32 Å². The molecule has 8 nitrogen and oxygen atoms in total. The number of aromatic hydroxyl groups is 1. The van der Waals surface area contributed by atoms with Crippen LogP contribution in [0.15, 0.2) is 41.2 Å². The lowest BCUT2D eigenvalue weighted by molar-refractivity contribution is -0.137. The summed E-state index contributed by atoms with van der Waals surface area (Å²) in [6.07, 6.45) is -5.28. The molecule has 12 heteroatoms. The van der Waals surface area contributed by atoms with Crippen molar-refractivity contribution in [3.05, 3.63) is 68.5 Å². The molecule has 0 saturated heterocycles. The van der Waals surface area contributed by atoms with E-state index in [1.807, 2.05) is 0 Å². The Kier molecular flexibility index (Phi) is 7.06. The Hall–Kier alpha value is -3.73. The fourth-order valence-corrected chi connectivity index (χ4v) is 3.85. The van der Waals surface area contributed by atoms with Crippen molar-refractivity contribution < 1.29 is 37.7 Å². The highest BCUT2D eigenvalue weighted by Crippen LogP contribution is 2.41. The van der Waals surface area contributed by atoms with E-state index in [9.17, 15) is 27.9 Å². The van der Waals surface area contributed by atoms with Gasteiger partial charge in [-0.3, -0.25) is 19.0 Å². The summed E-state index contributed by atoms with van der Waals surface area (Å²) in [5, 5.41) is 20.3. The molecule has 3 aromatic rings. The number of rotatable bonds is 3. The molecular formula is C22H18ClF3N2O6. The second-order valence-corrected chi connectivity index (χ2v) is 7.57. The number of carbonyl (C=O) groups excluding carboxylic acids is 1. The summed E-state index contributed by atoms with van der Waals surface area (Å²) in [6, 6.07) is 7.27. The SMILES string of the molecule is CCNC(=O)c1c(O)c2cc(Cl)cc3c2n(c1=O)CC(c1ccc(C(F)(F)F)cc1)O3.O=CO. The normalized spacial score (nSPS) is 14.6. The second-order valence-electron chi connectivity index (χ2n) is 7.13. The molecule has 34 heavy (non-hydrogen) atoms. The molecule has 180 valence electrons. The summed E-state index contributed by atoms with van der Waals surface area (Å²) in [7, 11) is 0. The summed E-state index contributed by atoms with van der Waals surface area (Å²) in [6.45, 7) is 1.59. The fourth-order valence-electron chi connectivity index (χ4n) is 3.64. The first-order valence-corrected chi connectivity index (χ1v) is 10.2. The van der Waals surface area contributed by atoms with Gasteiger partial charge < -0.3 is 20.3 Å². The summed E-state index contributed by atoms with van der Waals surface area (Å²) in [4.78, 5) is 33.9. The molecule has 1 atom stereocenters. The second kappa shape index (κ2) is 9.64. The van der Waals surface area contributed by atoms with Gasteiger partial charge >= 0.3 is 6.18 Å². The molecule has 2 heterocycles. The van der Waals surface area contributed by atoms with Gasteiger partial charge in [-0.05, 0) is 30.7 Å².